The molecule has 3 aromatic rings. The quantitative estimate of drug-likeness (QED) is 0.584. The number of aromatic nitrogens is 3. The smallest absolute Gasteiger partial charge is 0.192 e. The summed E-state index contributed by atoms with van der Waals surface area (Å²) in [5, 5.41) is 18.9. The normalized spacial score (nSPS) is 11.9. The SMILES string of the molecule is CCn1c(Cc2ccccc2)nnc1S[C@H](C#N)Cc1ccc(C)cc1. The highest BCUT2D eigenvalue weighted by Gasteiger charge is 2.18. The van der Waals surface area contributed by atoms with Crippen molar-refractivity contribution < 1.29 is 0 Å². The Kier molecular flexibility index (Phi) is 6.08. The standard InChI is InChI=1S/C21H22N4S/c1-3-25-20(14-17-7-5-4-6-8-17)23-24-21(25)26-19(15-22)13-18-11-9-16(2)10-12-18/h4-12,19H,3,13-14H2,1-2H3/t19-/m0/s1. The molecule has 1 aromatic heterocycles. The van der Waals surface area contributed by atoms with Crippen molar-refractivity contribution >= 4 is 11.8 Å². The molecule has 4 nitrogen and oxygen atoms in total. The van der Waals surface area contributed by atoms with Gasteiger partial charge in [0.15, 0.2) is 5.16 Å². The van der Waals surface area contributed by atoms with Gasteiger partial charge in [0.2, 0.25) is 0 Å². The largest absolute Gasteiger partial charge is 0.306 e. The number of nitrogens with zero attached hydrogens (tertiary/aromatic N) is 4. The Hall–Kier alpha value is -2.58. The Labute approximate surface area is 158 Å². The van der Waals surface area contributed by atoms with E-state index >= 15 is 0 Å². The highest BCUT2D eigenvalue weighted by atomic mass is 32.2. The molecule has 26 heavy (non-hydrogen) atoms. The van der Waals surface area contributed by atoms with Crippen molar-refractivity contribution in [3.63, 3.8) is 0 Å². The zero-order valence-electron chi connectivity index (χ0n) is 15.1. The monoisotopic (exact) mass is 362 g/mol. The predicted octanol–water partition coefficient (Wildman–Crippen LogP) is 4.42. The van der Waals surface area contributed by atoms with Crippen molar-refractivity contribution in [3.8, 4) is 6.07 Å². The van der Waals surface area contributed by atoms with Crippen LogP contribution in [0, 0.1) is 18.3 Å². The zero-order valence-corrected chi connectivity index (χ0v) is 15.9. The summed E-state index contributed by atoms with van der Waals surface area (Å²) in [6, 6.07) is 21.0. The number of benzene rings is 2. The lowest BCUT2D eigenvalue weighted by Crippen LogP contribution is -2.08. The first kappa shape index (κ1) is 18.2. The third-order valence-electron chi connectivity index (χ3n) is 4.25. The van der Waals surface area contributed by atoms with E-state index < -0.39 is 0 Å². The molecular weight excluding hydrogens is 340 g/mol. The number of hydrogen-bond acceptors (Lipinski definition) is 4. The van der Waals surface area contributed by atoms with Crippen molar-refractivity contribution in [2.75, 3.05) is 0 Å². The maximum atomic E-state index is 9.58. The van der Waals surface area contributed by atoms with Crippen LogP contribution in [0.2, 0.25) is 0 Å². The lowest BCUT2D eigenvalue weighted by molar-refractivity contribution is 0.650. The Morgan fingerprint density at radius 1 is 1.04 bits per heavy atom. The summed E-state index contributed by atoms with van der Waals surface area (Å²) in [5.41, 5.74) is 3.61. The highest BCUT2D eigenvalue weighted by molar-refractivity contribution is 8.00. The molecular formula is C21H22N4S. The summed E-state index contributed by atoms with van der Waals surface area (Å²) in [6.07, 6.45) is 1.45. The molecule has 3 rings (SSSR count). The minimum Gasteiger partial charge on any atom is -0.306 e. The average molecular weight is 363 g/mol. The first-order valence-corrected chi connectivity index (χ1v) is 9.65. The fourth-order valence-corrected chi connectivity index (χ4v) is 3.84. The van der Waals surface area contributed by atoms with Gasteiger partial charge in [0, 0.05) is 13.0 Å². The molecule has 1 heterocycles. The molecule has 0 saturated heterocycles. The zero-order chi connectivity index (χ0) is 18.4. The molecule has 0 aliphatic carbocycles. The van der Waals surface area contributed by atoms with Crippen LogP contribution < -0.4 is 0 Å². The topological polar surface area (TPSA) is 54.5 Å². The molecule has 0 spiro atoms. The summed E-state index contributed by atoms with van der Waals surface area (Å²) >= 11 is 1.50. The molecule has 0 unspecified atom stereocenters. The van der Waals surface area contributed by atoms with Gasteiger partial charge in [-0.05, 0) is 31.4 Å². The molecule has 5 heteroatoms. The van der Waals surface area contributed by atoms with E-state index in [9.17, 15) is 5.26 Å². The second-order valence-electron chi connectivity index (χ2n) is 6.23. The van der Waals surface area contributed by atoms with Crippen LogP contribution in [0.3, 0.4) is 0 Å². The van der Waals surface area contributed by atoms with E-state index in [1.165, 1.54) is 28.5 Å². The van der Waals surface area contributed by atoms with E-state index in [2.05, 4.69) is 71.1 Å². The lowest BCUT2D eigenvalue weighted by Gasteiger charge is -2.11. The molecule has 0 N–H and O–H groups in total. The van der Waals surface area contributed by atoms with E-state index in [0.29, 0.717) is 6.42 Å². The van der Waals surface area contributed by atoms with Crippen LogP contribution in [-0.4, -0.2) is 20.0 Å². The van der Waals surface area contributed by atoms with E-state index in [-0.39, 0.29) is 5.25 Å². The molecule has 0 saturated carbocycles. The Morgan fingerprint density at radius 2 is 1.77 bits per heavy atom. The summed E-state index contributed by atoms with van der Waals surface area (Å²) in [5.74, 6) is 0.938. The Morgan fingerprint density at radius 3 is 2.42 bits per heavy atom. The summed E-state index contributed by atoms with van der Waals surface area (Å²) in [6.45, 7) is 4.95. The number of aryl methyl sites for hydroxylation is 1. The van der Waals surface area contributed by atoms with E-state index in [4.69, 9.17) is 0 Å². The fourth-order valence-electron chi connectivity index (χ4n) is 2.81. The van der Waals surface area contributed by atoms with Crippen LogP contribution in [0.1, 0.15) is 29.4 Å². The van der Waals surface area contributed by atoms with E-state index in [0.717, 1.165) is 23.9 Å². The van der Waals surface area contributed by atoms with Crippen molar-refractivity contribution in [2.24, 2.45) is 0 Å². The second-order valence-corrected chi connectivity index (χ2v) is 7.40. The van der Waals surface area contributed by atoms with Gasteiger partial charge in [-0.25, -0.2) is 0 Å². The molecule has 0 radical (unpaired) electrons. The van der Waals surface area contributed by atoms with Crippen LogP contribution in [-0.2, 0) is 19.4 Å². The van der Waals surface area contributed by atoms with Crippen molar-refractivity contribution in [1.29, 1.82) is 5.26 Å². The van der Waals surface area contributed by atoms with Gasteiger partial charge >= 0.3 is 0 Å². The van der Waals surface area contributed by atoms with Crippen LogP contribution in [0.4, 0.5) is 0 Å². The molecule has 132 valence electrons. The Bertz CT molecular complexity index is 879. The third kappa shape index (κ3) is 4.53. The average Bonchev–Trinajstić information content (AvgIpc) is 3.05. The van der Waals surface area contributed by atoms with Gasteiger partial charge in [-0.2, -0.15) is 5.26 Å². The molecule has 0 bridgehead atoms. The van der Waals surface area contributed by atoms with Gasteiger partial charge in [0.1, 0.15) is 11.1 Å². The van der Waals surface area contributed by atoms with Crippen LogP contribution in [0.15, 0.2) is 59.8 Å². The minimum absolute atomic E-state index is 0.184. The highest BCUT2D eigenvalue weighted by Crippen LogP contribution is 2.25. The molecule has 0 aliphatic rings. The van der Waals surface area contributed by atoms with Gasteiger partial charge in [-0.3, -0.25) is 0 Å². The number of thioether (sulfide) groups is 1. The molecule has 0 amide bonds. The summed E-state index contributed by atoms with van der Waals surface area (Å²) in [7, 11) is 0. The first-order chi connectivity index (χ1) is 12.7. The van der Waals surface area contributed by atoms with Crippen molar-refractivity contribution in [2.45, 2.75) is 43.6 Å². The maximum absolute atomic E-state index is 9.58. The van der Waals surface area contributed by atoms with Gasteiger partial charge in [-0.15, -0.1) is 10.2 Å². The summed E-state index contributed by atoms with van der Waals surface area (Å²) < 4.78 is 2.11. The summed E-state index contributed by atoms with van der Waals surface area (Å²) in [4.78, 5) is 0. The third-order valence-corrected chi connectivity index (χ3v) is 5.32. The lowest BCUT2D eigenvalue weighted by atomic mass is 10.1. The van der Waals surface area contributed by atoms with Crippen molar-refractivity contribution in [3.05, 3.63) is 77.1 Å². The Balaban J connectivity index is 1.74. The van der Waals surface area contributed by atoms with Crippen LogP contribution in [0.25, 0.3) is 0 Å². The van der Waals surface area contributed by atoms with Gasteiger partial charge < -0.3 is 4.57 Å². The van der Waals surface area contributed by atoms with Gasteiger partial charge in [0.05, 0.1) is 6.07 Å². The molecule has 0 fully saturated rings. The maximum Gasteiger partial charge on any atom is 0.192 e. The fraction of sp³-hybridized carbons (Fsp3) is 0.286. The number of hydrogen-bond donors (Lipinski definition) is 0. The molecule has 2 aromatic carbocycles. The second kappa shape index (κ2) is 8.68. The minimum atomic E-state index is -0.184. The molecule has 0 aliphatic heterocycles. The van der Waals surface area contributed by atoms with Crippen LogP contribution >= 0.6 is 11.8 Å². The molecule has 1 atom stereocenters. The van der Waals surface area contributed by atoms with Gasteiger partial charge in [-0.1, -0.05) is 71.9 Å². The first-order valence-electron chi connectivity index (χ1n) is 8.77. The van der Waals surface area contributed by atoms with E-state index in [1.54, 1.807) is 0 Å². The number of nitriles is 1. The van der Waals surface area contributed by atoms with E-state index in [1.807, 2.05) is 18.2 Å². The number of rotatable bonds is 7. The predicted molar refractivity (Wildman–Crippen MR) is 105 cm³/mol. The van der Waals surface area contributed by atoms with Crippen molar-refractivity contribution in [1.82, 2.24) is 14.8 Å². The van der Waals surface area contributed by atoms with Crippen LogP contribution in [0.5, 0.6) is 0 Å². The van der Waals surface area contributed by atoms with Gasteiger partial charge in [0.25, 0.3) is 0 Å².